The van der Waals surface area contributed by atoms with Crippen LogP contribution in [0.5, 0.6) is 0 Å². The number of nitrogens with zero attached hydrogens (tertiary/aromatic N) is 2. The van der Waals surface area contributed by atoms with Crippen LogP contribution >= 0.6 is 0 Å². The van der Waals surface area contributed by atoms with Crippen molar-refractivity contribution in [2.75, 3.05) is 27.2 Å². The lowest BCUT2D eigenvalue weighted by molar-refractivity contribution is -0.139. The second kappa shape index (κ2) is 7.00. The number of carboxylic acids is 1. The molecule has 19 heavy (non-hydrogen) atoms. The molecule has 2 N–H and O–H groups in total. The SMILES string of the molecule is C#CCC(NC(=O)N1CCCC(N(C)C)C1)C(=O)O. The van der Waals surface area contributed by atoms with Gasteiger partial charge >= 0.3 is 12.0 Å². The topological polar surface area (TPSA) is 72.9 Å². The van der Waals surface area contributed by atoms with Crippen LogP contribution in [-0.4, -0.2) is 66.2 Å². The van der Waals surface area contributed by atoms with Crippen molar-refractivity contribution in [3.05, 3.63) is 0 Å². The molecular formula is C13H21N3O3. The third-order valence-corrected chi connectivity index (χ3v) is 3.33. The molecule has 0 spiro atoms. The van der Waals surface area contributed by atoms with Crippen molar-refractivity contribution in [2.24, 2.45) is 0 Å². The monoisotopic (exact) mass is 267 g/mol. The summed E-state index contributed by atoms with van der Waals surface area (Å²) in [6.45, 7) is 1.26. The number of hydrogen-bond acceptors (Lipinski definition) is 3. The van der Waals surface area contributed by atoms with Crippen LogP contribution in [0.2, 0.25) is 0 Å². The van der Waals surface area contributed by atoms with Gasteiger partial charge in [0.25, 0.3) is 0 Å². The van der Waals surface area contributed by atoms with Gasteiger partial charge in [-0.1, -0.05) is 0 Å². The summed E-state index contributed by atoms with van der Waals surface area (Å²) in [7, 11) is 3.95. The van der Waals surface area contributed by atoms with Crippen molar-refractivity contribution in [1.29, 1.82) is 0 Å². The molecule has 0 aromatic carbocycles. The van der Waals surface area contributed by atoms with Gasteiger partial charge in [0.15, 0.2) is 0 Å². The van der Waals surface area contributed by atoms with Gasteiger partial charge in [0, 0.05) is 25.6 Å². The molecule has 2 amide bonds. The van der Waals surface area contributed by atoms with Crippen molar-refractivity contribution in [1.82, 2.24) is 15.1 Å². The quantitative estimate of drug-likeness (QED) is 0.714. The fourth-order valence-electron chi connectivity index (χ4n) is 2.12. The van der Waals surface area contributed by atoms with E-state index in [0.29, 0.717) is 19.1 Å². The summed E-state index contributed by atoms with van der Waals surface area (Å²) in [4.78, 5) is 26.7. The van der Waals surface area contributed by atoms with E-state index in [1.807, 2.05) is 14.1 Å². The normalized spacial score (nSPS) is 20.7. The Labute approximate surface area is 113 Å². The van der Waals surface area contributed by atoms with Gasteiger partial charge in [0.2, 0.25) is 0 Å². The van der Waals surface area contributed by atoms with Crippen molar-refractivity contribution >= 4 is 12.0 Å². The Morgan fingerprint density at radius 3 is 2.79 bits per heavy atom. The number of terminal acetylenes is 1. The lowest BCUT2D eigenvalue weighted by Crippen LogP contribution is -2.53. The number of likely N-dealkylation sites (N-methyl/N-ethyl adjacent to an activating group) is 1. The Hall–Kier alpha value is -1.74. The minimum atomic E-state index is -1.10. The zero-order valence-electron chi connectivity index (χ0n) is 11.4. The van der Waals surface area contributed by atoms with Crippen molar-refractivity contribution in [3.63, 3.8) is 0 Å². The van der Waals surface area contributed by atoms with Crippen LogP contribution in [0, 0.1) is 12.3 Å². The Kier molecular flexibility index (Phi) is 5.64. The lowest BCUT2D eigenvalue weighted by atomic mass is 10.1. The van der Waals surface area contributed by atoms with Gasteiger partial charge in [-0.25, -0.2) is 9.59 Å². The van der Waals surface area contributed by atoms with E-state index >= 15 is 0 Å². The van der Waals surface area contributed by atoms with Crippen LogP contribution in [0.15, 0.2) is 0 Å². The fourth-order valence-corrected chi connectivity index (χ4v) is 2.12. The average Bonchev–Trinajstić information content (AvgIpc) is 2.38. The average molecular weight is 267 g/mol. The molecule has 6 heteroatoms. The molecule has 0 saturated carbocycles. The standard InChI is InChI=1S/C13H21N3O3/c1-4-6-11(12(17)18)14-13(19)16-8-5-7-10(9-16)15(2)3/h1,10-11H,5-9H2,2-3H3,(H,14,19)(H,17,18). The number of carbonyl (C=O) groups excluding carboxylic acids is 1. The molecule has 0 bridgehead atoms. The molecule has 1 aliphatic rings. The Bertz CT molecular complexity index is 376. The number of aliphatic carboxylic acids is 1. The van der Waals surface area contributed by atoms with E-state index < -0.39 is 12.0 Å². The number of carboxylic acid groups (broad SMARTS) is 1. The third kappa shape index (κ3) is 4.45. The largest absolute Gasteiger partial charge is 0.480 e. The summed E-state index contributed by atoms with van der Waals surface area (Å²) in [6, 6.07) is -1.05. The number of amides is 2. The number of hydrogen-bond donors (Lipinski definition) is 2. The molecular weight excluding hydrogens is 246 g/mol. The molecule has 1 saturated heterocycles. The molecule has 6 nitrogen and oxygen atoms in total. The van der Waals surface area contributed by atoms with Gasteiger partial charge in [-0.2, -0.15) is 0 Å². The van der Waals surface area contributed by atoms with Crippen molar-refractivity contribution in [2.45, 2.75) is 31.3 Å². The first kappa shape index (κ1) is 15.3. The highest BCUT2D eigenvalue weighted by atomic mass is 16.4. The number of carbonyl (C=O) groups is 2. The van der Waals surface area contributed by atoms with Gasteiger partial charge in [-0.15, -0.1) is 12.3 Å². The first-order chi connectivity index (χ1) is 8.95. The molecule has 0 aromatic rings. The summed E-state index contributed by atoms with van der Waals surface area (Å²) < 4.78 is 0. The van der Waals surface area contributed by atoms with Crippen LogP contribution in [-0.2, 0) is 4.79 Å². The second-order valence-corrected chi connectivity index (χ2v) is 4.95. The highest BCUT2D eigenvalue weighted by Gasteiger charge is 2.27. The highest BCUT2D eigenvalue weighted by Crippen LogP contribution is 2.13. The summed E-state index contributed by atoms with van der Waals surface area (Å²) in [5.74, 6) is 1.16. The molecule has 0 aliphatic carbocycles. The predicted octanol–water partition coefficient (Wildman–Crippen LogP) is 0.199. The first-order valence-corrected chi connectivity index (χ1v) is 6.33. The molecule has 0 radical (unpaired) electrons. The highest BCUT2D eigenvalue weighted by molar-refractivity contribution is 5.82. The summed E-state index contributed by atoms with van der Waals surface area (Å²) in [6.07, 6.45) is 7.06. The Balaban J connectivity index is 2.57. The predicted molar refractivity (Wildman–Crippen MR) is 71.7 cm³/mol. The first-order valence-electron chi connectivity index (χ1n) is 6.33. The van der Waals surface area contributed by atoms with Gasteiger partial charge in [0.05, 0.1) is 0 Å². The molecule has 1 aliphatic heterocycles. The zero-order valence-corrected chi connectivity index (χ0v) is 11.4. The van der Waals surface area contributed by atoms with Gasteiger partial charge in [-0.3, -0.25) is 0 Å². The van der Waals surface area contributed by atoms with Crippen molar-refractivity contribution in [3.8, 4) is 12.3 Å². The minimum Gasteiger partial charge on any atom is -0.480 e. The second-order valence-electron chi connectivity index (χ2n) is 4.95. The van der Waals surface area contributed by atoms with Crippen LogP contribution < -0.4 is 5.32 Å². The molecule has 2 atom stereocenters. The molecule has 1 rings (SSSR count). The van der Waals surface area contributed by atoms with E-state index in [-0.39, 0.29) is 12.5 Å². The Morgan fingerprint density at radius 2 is 2.26 bits per heavy atom. The van der Waals surface area contributed by atoms with E-state index in [2.05, 4.69) is 16.1 Å². The van der Waals surface area contributed by atoms with E-state index in [1.54, 1.807) is 4.90 Å². The van der Waals surface area contributed by atoms with Gasteiger partial charge in [0.1, 0.15) is 6.04 Å². The maximum atomic E-state index is 12.0. The summed E-state index contributed by atoms with van der Waals surface area (Å²) in [5.41, 5.74) is 0. The third-order valence-electron chi connectivity index (χ3n) is 3.33. The molecule has 1 fully saturated rings. The van der Waals surface area contributed by atoms with Crippen molar-refractivity contribution < 1.29 is 14.7 Å². The molecule has 1 heterocycles. The van der Waals surface area contributed by atoms with E-state index in [1.165, 1.54) is 0 Å². The number of likely N-dealkylation sites (tertiary alicyclic amines) is 1. The van der Waals surface area contributed by atoms with Gasteiger partial charge < -0.3 is 20.2 Å². The van der Waals surface area contributed by atoms with E-state index in [9.17, 15) is 9.59 Å². The molecule has 2 unspecified atom stereocenters. The van der Waals surface area contributed by atoms with Crippen LogP contribution in [0.4, 0.5) is 4.79 Å². The number of rotatable bonds is 4. The lowest BCUT2D eigenvalue weighted by Gasteiger charge is -2.36. The smallest absolute Gasteiger partial charge is 0.327 e. The van der Waals surface area contributed by atoms with Crippen LogP contribution in [0.1, 0.15) is 19.3 Å². The number of urea groups is 1. The van der Waals surface area contributed by atoms with Gasteiger partial charge in [-0.05, 0) is 26.9 Å². The van der Waals surface area contributed by atoms with E-state index in [0.717, 1.165) is 12.8 Å². The maximum Gasteiger partial charge on any atom is 0.327 e. The van der Waals surface area contributed by atoms with Crippen LogP contribution in [0.25, 0.3) is 0 Å². The number of nitrogens with one attached hydrogen (secondary N) is 1. The maximum absolute atomic E-state index is 12.0. The number of piperidine rings is 1. The summed E-state index contributed by atoms with van der Waals surface area (Å²) >= 11 is 0. The zero-order chi connectivity index (χ0) is 14.4. The Morgan fingerprint density at radius 1 is 1.58 bits per heavy atom. The molecule has 106 valence electrons. The van der Waals surface area contributed by atoms with E-state index in [4.69, 9.17) is 11.5 Å². The molecule has 0 aromatic heterocycles. The summed E-state index contributed by atoms with van der Waals surface area (Å²) in [5, 5.41) is 11.4. The van der Waals surface area contributed by atoms with Crippen LogP contribution in [0.3, 0.4) is 0 Å². The minimum absolute atomic E-state index is 0.00791. The fraction of sp³-hybridized carbons (Fsp3) is 0.692.